The number of aliphatic hydroxyl groups is 1. The standard InChI is InChI=1S/C22H14F3NO5/c23-22(24,25)31-15-9-4-8-14(12-15)26-18(13-6-2-1-3-7-13)17(20(28)21(26)29)19(27)16-10-5-11-30-16/h1-12,18,28H. The number of carbonyl (C=O) groups is 2. The fraction of sp³-hybridized carbons (Fsp3) is 0.0909. The maximum absolute atomic E-state index is 13.0. The zero-order valence-electron chi connectivity index (χ0n) is 15.7. The average molecular weight is 429 g/mol. The van der Waals surface area contributed by atoms with Crippen LogP contribution >= 0.6 is 0 Å². The van der Waals surface area contributed by atoms with Gasteiger partial charge in [0.2, 0.25) is 5.78 Å². The van der Waals surface area contributed by atoms with E-state index in [0.717, 1.165) is 17.0 Å². The molecule has 1 aromatic heterocycles. The fourth-order valence-electron chi connectivity index (χ4n) is 3.43. The van der Waals surface area contributed by atoms with Crippen molar-refractivity contribution in [3.8, 4) is 5.75 Å². The van der Waals surface area contributed by atoms with E-state index in [1.165, 1.54) is 30.5 Å². The molecular weight excluding hydrogens is 415 g/mol. The van der Waals surface area contributed by atoms with Crippen LogP contribution in [-0.4, -0.2) is 23.2 Å². The first-order valence-corrected chi connectivity index (χ1v) is 9.02. The summed E-state index contributed by atoms with van der Waals surface area (Å²) >= 11 is 0. The van der Waals surface area contributed by atoms with Crippen molar-refractivity contribution in [2.45, 2.75) is 12.4 Å². The molecule has 0 bridgehead atoms. The number of alkyl halides is 3. The summed E-state index contributed by atoms with van der Waals surface area (Å²) in [4.78, 5) is 27.0. The van der Waals surface area contributed by atoms with Crippen molar-refractivity contribution in [2.75, 3.05) is 4.90 Å². The Hall–Kier alpha value is -4.01. The number of hydrogen-bond donors (Lipinski definition) is 1. The summed E-state index contributed by atoms with van der Waals surface area (Å²) in [6, 6.07) is 14.9. The summed E-state index contributed by atoms with van der Waals surface area (Å²) in [6.45, 7) is 0. The van der Waals surface area contributed by atoms with E-state index in [2.05, 4.69) is 4.74 Å². The quantitative estimate of drug-likeness (QED) is 0.580. The largest absolute Gasteiger partial charge is 0.573 e. The molecule has 1 amide bonds. The minimum atomic E-state index is -4.92. The Morgan fingerprint density at radius 2 is 1.77 bits per heavy atom. The summed E-state index contributed by atoms with van der Waals surface area (Å²) < 4.78 is 47.0. The number of anilines is 1. The van der Waals surface area contributed by atoms with Crippen molar-refractivity contribution in [1.82, 2.24) is 0 Å². The molecule has 1 atom stereocenters. The lowest BCUT2D eigenvalue weighted by molar-refractivity contribution is -0.274. The lowest BCUT2D eigenvalue weighted by Gasteiger charge is -2.27. The van der Waals surface area contributed by atoms with Gasteiger partial charge < -0.3 is 14.3 Å². The predicted octanol–water partition coefficient (Wildman–Crippen LogP) is 4.96. The number of halogens is 3. The Morgan fingerprint density at radius 3 is 2.42 bits per heavy atom. The summed E-state index contributed by atoms with van der Waals surface area (Å²) in [5.41, 5.74) is 0.236. The molecule has 4 rings (SSSR count). The molecule has 0 saturated carbocycles. The zero-order valence-corrected chi connectivity index (χ0v) is 15.7. The molecule has 2 aromatic carbocycles. The van der Waals surface area contributed by atoms with Crippen LogP contribution in [0.3, 0.4) is 0 Å². The van der Waals surface area contributed by atoms with E-state index in [0.29, 0.717) is 5.56 Å². The van der Waals surface area contributed by atoms with Crippen LogP contribution in [-0.2, 0) is 4.79 Å². The van der Waals surface area contributed by atoms with Gasteiger partial charge in [0.15, 0.2) is 11.5 Å². The van der Waals surface area contributed by atoms with Crippen LogP contribution in [0.5, 0.6) is 5.75 Å². The molecule has 6 nitrogen and oxygen atoms in total. The number of Topliss-reactive ketones (excluding diaryl/α,β-unsaturated/α-hetero) is 1. The van der Waals surface area contributed by atoms with E-state index >= 15 is 0 Å². The van der Waals surface area contributed by atoms with Gasteiger partial charge in [0, 0.05) is 11.8 Å². The molecule has 0 aliphatic carbocycles. The monoisotopic (exact) mass is 429 g/mol. The molecule has 1 unspecified atom stereocenters. The van der Waals surface area contributed by atoms with Crippen LogP contribution in [0.1, 0.15) is 22.2 Å². The highest BCUT2D eigenvalue weighted by Gasteiger charge is 2.45. The van der Waals surface area contributed by atoms with E-state index < -0.39 is 35.6 Å². The normalized spacial score (nSPS) is 16.7. The van der Waals surface area contributed by atoms with E-state index in [1.54, 1.807) is 30.3 Å². The van der Waals surface area contributed by atoms with Crippen molar-refractivity contribution in [2.24, 2.45) is 0 Å². The van der Waals surface area contributed by atoms with Gasteiger partial charge in [-0.25, -0.2) is 0 Å². The summed E-state index contributed by atoms with van der Waals surface area (Å²) in [7, 11) is 0. The van der Waals surface area contributed by atoms with Gasteiger partial charge in [0.25, 0.3) is 5.91 Å². The van der Waals surface area contributed by atoms with Gasteiger partial charge in [-0.2, -0.15) is 0 Å². The van der Waals surface area contributed by atoms with Gasteiger partial charge in [0.1, 0.15) is 5.75 Å². The number of hydrogen-bond acceptors (Lipinski definition) is 5. The first kappa shape index (κ1) is 20.3. The lowest BCUT2D eigenvalue weighted by Crippen LogP contribution is -2.31. The van der Waals surface area contributed by atoms with Crippen molar-refractivity contribution >= 4 is 17.4 Å². The molecule has 9 heteroatoms. The predicted molar refractivity (Wildman–Crippen MR) is 102 cm³/mol. The maximum Gasteiger partial charge on any atom is 0.573 e. The lowest BCUT2D eigenvalue weighted by atomic mass is 9.95. The highest BCUT2D eigenvalue weighted by molar-refractivity contribution is 6.20. The molecule has 0 saturated heterocycles. The molecule has 0 spiro atoms. The third-order valence-corrected chi connectivity index (χ3v) is 4.64. The fourth-order valence-corrected chi connectivity index (χ4v) is 3.43. The van der Waals surface area contributed by atoms with Gasteiger partial charge in [-0.05, 0) is 29.8 Å². The van der Waals surface area contributed by atoms with Crippen LogP contribution in [0.25, 0.3) is 0 Å². The Bertz CT molecular complexity index is 1150. The van der Waals surface area contributed by atoms with Gasteiger partial charge in [-0.3, -0.25) is 14.5 Å². The number of amides is 1. The first-order valence-electron chi connectivity index (χ1n) is 9.02. The summed E-state index contributed by atoms with van der Waals surface area (Å²) in [6.07, 6.45) is -3.65. The van der Waals surface area contributed by atoms with Crippen molar-refractivity contribution in [1.29, 1.82) is 0 Å². The molecule has 1 aliphatic heterocycles. The van der Waals surface area contributed by atoms with Gasteiger partial charge in [-0.15, -0.1) is 13.2 Å². The van der Waals surface area contributed by atoms with Crippen molar-refractivity contribution in [3.63, 3.8) is 0 Å². The molecule has 1 aliphatic rings. The van der Waals surface area contributed by atoms with Gasteiger partial charge in [0.05, 0.1) is 17.9 Å². The van der Waals surface area contributed by atoms with Crippen LogP contribution in [0.4, 0.5) is 18.9 Å². The number of furan rings is 1. The van der Waals surface area contributed by atoms with Gasteiger partial charge >= 0.3 is 6.36 Å². The third-order valence-electron chi connectivity index (χ3n) is 4.64. The van der Waals surface area contributed by atoms with Crippen LogP contribution in [0.2, 0.25) is 0 Å². The molecule has 158 valence electrons. The van der Waals surface area contributed by atoms with Crippen LogP contribution in [0.15, 0.2) is 88.7 Å². The zero-order chi connectivity index (χ0) is 22.2. The summed E-state index contributed by atoms with van der Waals surface area (Å²) in [5, 5.41) is 10.6. The third kappa shape index (κ3) is 3.89. The molecule has 3 aromatic rings. The Balaban J connectivity index is 1.82. The number of carbonyl (C=O) groups excluding carboxylic acids is 2. The van der Waals surface area contributed by atoms with Gasteiger partial charge in [-0.1, -0.05) is 36.4 Å². The second kappa shape index (κ2) is 7.67. The number of benzene rings is 2. The van der Waals surface area contributed by atoms with Crippen molar-refractivity contribution in [3.05, 3.63) is 95.6 Å². The smallest absolute Gasteiger partial charge is 0.503 e. The second-order valence-electron chi connectivity index (χ2n) is 6.60. The van der Waals surface area contributed by atoms with E-state index in [-0.39, 0.29) is 17.0 Å². The number of nitrogens with zero attached hydrogens (tertiary/aromatic N) is 1. The van der Waals surface area contributed by atoms with E-state index in [1.807, 2.05) is 0 Å². The molecule has 1 N–H and O–H groups in total. The molecular formula is C22H14F3NO5. The molecule has 2 heterocycles. The number of rotatable bonds is 5. The van der Waals surface area contributed by atoms with Crippen molar-refractivity contribution < 1.29 is 37.0 Å². The Morgan fingerprint density at radius 1 is 1.03 bits per heavy atom. The number of aliphatic hydroxyl groups excluding tert-OH is 1. The average Bonchev–Trinajstić information content (AvgIpc) is 3.35. The SMILES string of the molecule is O=C(C1=C(O)C(=O)N(c2cccc(OC(F)(F)F)c2)C1c1ccccc1)c1ccco1. The minimum absolute atomic E-state index is 0.00870. The van der Waals surface area contributed by atoms with E-state index in [4.69, 9.17) is 4.42 Å². The maximum atomic E-state index is 13.0. The number of ketones is 1. The first-order chi connectivity index (χ1) is 14.8. The van der Waals surface area contributed by atoms with Crippen LogP contribution < -0.4 is 9.64 Å². The molecule has 31 heavy (non-hydrogen) atoms. The Kier molecular flexibility index (Phi) is 5.02. The second-order valence-corrected chi connectivity index (χ2v) is 6.60. The molecule has 0 fully saturated rings. The highest BCUT2D eigenvalue weighted by atomic mass is 19.4. The van der Waals surface area contributed by atoms with Crippen LogP contribution in [0, 0.1) is 0 Å². The highest BCUT2D eigenvalue weighted by Crippen LogP contribution is 2.42. The Labute approximate surface area is 173 Å². The topological polar surface area (TPSA) is 80.0 Å². The summed E-state index contributed by atoms with van der Waals surface area (Å²) in [5.74, 6) is -3.10. The minimum Gasteiger partial charge on any atom is -0.503 e. The number of ether oxygens (including phenoxy) is 1. The molecule has 0 radical (unpaired) electrons. The van der Waals surface area contributed by atoms with E-state index in [9.17, 15) is 27.9 Å².